The minimum absolute atomic E-state index is 0.0801. The van der Waals surface area contributed by atoms with Gasteiger partial charge in [-0.25, -0.2) is 9.37 Å². The SMILES string of the molecule is CSc1ncc(C(=O)N2CCC(CO)CC2)n1-c1ccc(F)cc1. The molecule has 0 radical (unpaired) electrons. The number of hydrogen-bond donors (Lipinski definition) is 1. The van der Waals surface area contributed by atoms with Gasteiger partial charge >= 0.3 is 0 Å². The number of piperidine rings is 1. The lowest BCUT2D eigenvalue weighted by Crippen LogP contribution is -2.40. The molecule has 2 aromatic rings. The van der Waals surface area contributed by atoms with E-state index in [0.717, 1.165) is 12.8 Å². The molecule has 0 bridgehead atoms. The Labute approximate surface area is 144 Å². The molecule has 0 atom stereocenters. The second kappa shape index (κ2) is 7.36. The van der Waals surface area contributed by atoms with Gasteiger partial charge in [-0.2, -0.15) is 0 Å². The molecule has 5 nitrogen and oxygen atoms in total. The molecular formula is C17H20FN3O2S. The number of aliphatic hydroxyl groups excluding tert-OH is 1. The van der Waals surface area contributed by atoms with Crippen LogP contribution < -0.4 is 0 Å². The number of amides is 1. The van der Waals surface area contributed by atoms with Gasteiger partial charge < -0.3 is 10.0 Å². The highest BCUT2D eigenvalue weighted by atomic mass is 32.2. The summed E-state index contributed by atoms with van der Waals surface area (Å²) >= 11 is 1.44. The number of nitrogens with zero attached hydrogens (tertiary/aromatic N) is 3. The highest BCUT2D eigenvalue weighted by molar-refractivity contribution is 7.98. The normalized spacial score (nSPS) is 15.7. The van der Waals surface area contributed by atoms with Crippen molar-refractivity contribution in [3.8, 4) is 5.69 Å². The predicted octanol–water partition coefficient (Wildman–Crippen LogP) is 2.58. The number of aromatic nitrogens is 2. The number of rotatable bonds is 4. The molecule has 3 rings (SSSR count). The van der Waals surface area contributed by atoms with Crippen molar-refractivity contribution in [1.82, 2.24) is 14.5 Å². The minimum Gasteiger partial charge on any atom is -0.396 e. The highest BCUT2D eigenvalue weighted by Gasteiger charge is 2.26. The first-order valence-corrected chi connectivity index (χ1v) is 9.14. The number of halogens is 1. The van der Waals surface area contributed by atoms with Crippen LogP contribution >= 0.6 is 11.8 Å². The molecule has 0 unspecified atom stereocenters. The van der Waals surface area contributed by atoms with Gasteiger partial charge in [-0.05, 0) is 49.3 Å². The molecule has 0 saturated carbocycles. The van der Waals surface area contributed by atoms with Crippen molar-refractivity contribution in [2.75, 3.05) is 26.0 Å². The summed E-state index contributed by atoms with van der Waals surface area (Å²) in [5, 5.41) is 9.92. The van der Waals surface area contributed by atoms with E-state index in [0.29, 0.717) is 29.6 Å². The summed E-state index contributed by atoms with van der Waals surface area (Å²) < 4.78 is 15.0. The van der Waals surface area contributed by atoms with E-state index >= 15 is 0 Å². The predicted molar refractivity (Wildman–Crippen MR) is 91.0 cm³/mol. The fraction of sp³-hybridized carbons (Fsp3) is 0.412. The molecule has 1 aromatic heterocycles. The third-order valence-corrected chi connectivity index (χ3v) is 5.03. The fourth-order valence-corrected chi connectivity index (χ4v) is 3.49. The third kappa shape index (κ3) is 3.32. The largest absolute Gasteiger partial charge is 0.396 e. The van der Waals surface area contributed by atoms with E-state index in [-0.39, 0.29) is 24.2 Å². The number of hydrogen-bond acceptors (Lipinski definition) is 4. The van der Waals surface area contributed by atoms with E-state index in [1.807, 2.05) is 6.26 Å². The molecule has 1 aliphatic rings. The minimum atomic E-state index is -0.316. The van der Waals surface area contributed by atoms with Crippen LogP contribution in [0.4, 0.5) is 4.39 Å². The van der Waals surface area contributed by atoms with E-state index in [9.17, 15) is 14.3 Å². The number of imidazole rings is 1. The number of thioether (sulfide) groups is 1. The molecule has 1 aromatic carbocycles. The maximum absolute atomic E-state index is 13.2. The summed E-state index contributed by atoms with van der Waals surface area (Å²) in [4.78, 5) is 19.0. The summed E-state index contributed by atoms with van der Waals surface area (Å²) in [6, 6.07) is 6.04. The smallest absolute Gasteiger partial charge is 0.272 e. The molecule has 0 aliphatic carbocycles. The maximum Gasteiger partial charge on any atom is 0.272 e. The Bertz CT molecular complexity index is 709. The highest BCUT2D eigenvalue weighted by Crippen LogP contribution is 2.25. The van der Waals surface area contributed by atoms with Crippen molar-refractivity contribution < 1.29 is 14.3 Å². The van der Waals surface area contributed by atoms with Crippen LogP contribution in [0.5, 0.6) is 0 Å². The van der Waals surface area contributed by atoms with Crippen molar-refractivity contribution in [2.45, 2.75) is 18.0 Å². The van der Waals surface area contributed by atoms with Gasteiger partial charge in [0.2, 0.25) is 0 Å². The monoisotopic (exact) mass is 349 g/mol. The van der Waals surface area contributed by atoms with Crippen molar-refractivity contribution in [1.29, 1.82) is 0 Å². The molecule has 1 saturated heterocycles. The molecule has 2 heterocycles. The molecule has 1 aliphatic heterocycles. The Morgan fingerprint density at radius 2 is 2.00 bits per heavy atom. The number of carbonyl (C=O) groups excluding carboxylic acids is 1. The van der Waals surface area contributed by atoms with Crippen molar-refractivity contribution >= 4 is 17.7 Å². The summed E-state index contributed by atoms with van der Waals surface area (Å²) in [5.74, 6) is -0.121. The van der Waals surface area contributed by atoms with Crippen LogP contribution in [0.25, 0.3) is 5.69 Å². The molecule has 7 heteroatoms. The number of likely N-dealkylation sites (tertiary alicyclic amines) is 1. The Morgan fingerprint density at radius 1 is 1.33 bits per heavy atom. The van der Waals surface area contributed by atoms with E-state index < -0.39 is 0 Å². The van der Waals surface area contributed by atoms with Crippen LogP contribution in [0.3, 0.4) is 0 Å². The zero-order valence-electron chi connectivity index (χ0n) is 13.5. The van der Waals surface area contributed by atoms with E-state index in [1.54, 1.807) is 27.8 Å². The van der Waals surface area contributed by atoms with E-state index in [4.69, 9.17) is 0 Å². The van der Waals surface area contributed by atoms with Crippen molar-refractivity contribution in [3.05, 3.63) is 42.0 Å². The van der Waals surface area contributed by atoms with Crippen molar-refractivity contribution in [2.24, 2.45) is 5.92 Å². The van der Waals surface area contributed by atoms with Crippen LogP contribution in [0.2, 0.25) is 0 Å². The first-order valence-electron chi connectivity index (χ1n) is 7.92. The molecule has 0 spiro atoms. The molecular weight excluding hydrogens is 329 g/mol. The van der Waals surface area contributed by atoms with Gasteiger partial charge in [-0.1, -0.05) is 11.8 Å². The lowest BCUT2D eigenvalue weighted by atomic mass is 9.98. The summed E-state index contributed by atoms with van der Waals surface area (Å²) in [7, 11) is 0. The number of benzene rings is 1. The first kappa shape index (κ1) is 17.0. The molecule has 1 N–H and O–H groups in total. The van der Waals surface area contributed by atoms with Crippen LogP contribution in [-0.4, -0.2) is 51.4 Å². The second-order valence-electron chi connectivity index (χ2n) is 5.86. The van der Waals surface area contributed by atoms with Gasteiger partial charge in [0, 0.05) is 25.4 Å². The topological polar surface area (TPSA) is 58.4 Å². The van der Waals surface area contributed by atoms with Crippen LogP contribution in [0.1, 0.15) is 23.3 Å². The quantitative estimate of drug-likeness (QED) is 0.862. The average Bonchev–Trinajstić information content (AvgIpc) is 3.06. The molecule has 1 fully saturated rings. The fourth-order valence-electron chi connectivity index (χ4n) is 2.95. The zero-order valence-corrected chi connectivity index (χ0v) is 14.3. The van der Waals surface area contributed by atoms with Gasteiger partial charge in [0.1, 0.15) is 11.5 Å². The zero-order chi connectivity index (χ0) is 17.1. The Kier molecular flexibility index (Phi) is 5.20. The van der Waals surface area contributed by atoms with Gasteiger partial charge in [0.05, 0.1) is 6.20 Å². The maximum atomic E-state index is 13.2. The molecule has 128 valence electrons. The molecule has 24 heavy (non-hydrogen) atoms. The van der Waals surface area contributed by atoms with Crippen LogP contribution in [0.15, 0.2) is 35.6 Å². The first-order chi connectivity index (χ1) is 11.6. The average molecular weight is 349 g/mol. The number of carbonyl (C=O) groups is 1. The van der Waals surface area contributed by atoms with Crippen LogP contribution in [-0.2, 0) is 0 Å². The summed E-state index contributed by atoms with van der Waals surface area (Å²) in [5.41, 5.74) is 1.19. The van der Waals surface area contributed by atoms with Gasteiger partial charge in [-0.15, -0.1) is 0 Å². The van der Waals surface area contributed by atoms with E-state index in [1.165, 1.54) is 23.9 Å². The Morgan fingerprint density at radius 3 is 2.58 bits per heavy atom. The van der Waals surface area contributed by atoms with Gasteiger partial charge in [0.25, 0.3) is 5.91 Å². The Balaban J connectivity index is 1.89. The second-order valence-corrected chi connectivity index (χ2v) is 6.63. The van der Waals surface area contributed by atoms with Gasteiger partial charge in [0.15, 0.2) is 5.16 Å². The summed E-state index contributed by atoms with van der Waals surface area (Å²) in [6.45, 7) is 1.44. The molecule has 1 amide bonds. The number of aliphatic hydroxyl groups is 1. The lowest BCUT2D eigenvalue weighted by molar-refractivity contribution is 0.0642. The third-order valence-electron chi connectivity index (χ3n) is 4.38. The summed E-state index contributed by atoms with van der Waals surface area (Å²) in [6.07, 6.45) is 5.09. The van der Waals surface area contributed by atoms with Gasteiger partial charge in [-0.3, -0.25) is 9.36 Å². The van der Waals surface area contributed by atoms with Crippen molar-refractivity contribution in [3.63, 3.8) is 0 Å². The van der Waals surface area contributed by atoms with E-state index in [2.05, 4.69) is 4.98 Å². The Hall–Kier alpha value is -1.86. The standard InChI is InChI=1S/C17H20FN3O2S/c1-24-17-19-10-15(21(17)14-4-2-13(18)3-5-14)16(23)20-8-6-12(11-22)7-9-20/h2-5,10,12,22H,6-9,11H2,1H3. The van der Waals surface area contributed by atoms with Crippen LogP contribution in [0, 0.1) is 11.7 Å². The lowest BCUT2D eigenvalue weighted by Gasteiger charge is -2.31.